The Morgan fingerprint density at radius 3 is 2.55 bits per heavy atom. The molecule has 7 heteroatoms. The van der Waals surface area contributed by atoms with Crippen molar-refractivity contribution in [2.75, 3.05) is 20.1 Å². The number of aryl methyl sites for hydroxylation is 2. The normalized spacial score (nSPS) is 16.2. The molecule has 1 aromatic carbocycles. The van der Waals surface area contributed by atoms with E-state index >= 15 is 0 Å². The van der Waals surface area contributed by atoms with Gasteiger partial charge in [0, 0.05) is 37.9 Å². The highest BCUT2D eigenvalue weighted by Crippen LogP contribution is 2.29. The average molecular weight is 453 g/mol. The van der Waals surface area contributed by atoms with Crippen molar-refractivity contribution in [2.45, 2.75) is 45.7 Å². The van der Waals surface area contributed by atoms with E-state index in [4.69, 9.17) is 4.42 Å². The predicted molar refractivity (Wildman–Crippen MR) is 125 cm³/mol. The molecule has 0 spiro atoms. The van der Waals surface area contributed by atoms with E-state index in [1.54, 1.807) is 30.2 Å². The molecule has 2 aromatic heterocycles. The molecule has 0 bridgehead atoms. The number of hydrogen-bond donors (Lipinski definition) is 0. The van der Waals surface area contributed by atoms with Crippen molar-refractivity contribution < 1.29 is 13.6 Å². The molecule has 1 aliphatic rings. The van der Waals surface area contributed by atoms with Crippen LogP contribution in [-0.4, -0.2) is 51.7 Å². The average Bonchev–Trinajstić information content (AvgIpc) is 3.38. The summed E-state index contributed by atoms with van der Waals surface area (Å²) in [5.74, 6) is 0.610. The van der Waals surface area contributed by atoms with E-state index in [-0.39, 0.29) is 23.7 Å². The van der Waals surface area contributed by atoms with Gasteiger partial charge in [0.05, 0.1) is 18.0 Å². The van der Waals surface area contributed by atoms with Gasteiger partial charge in [-0.3, -0.25) is 14.4 Å². The monoisotopic (exact) mass is 452 g/mol. The number of likely N-dealkylation sites (N-methyl/N-ethyl adjacent to an activating group) is 1. The minimum Gasteiger partial charge on any atom is -0.469 e. The molecular weight excluding hydrogens is 419 g/mol. The van der Waals surface area contributed by atoms with Gasteiger partial charge in [0.25, 0.3) is 5.91 Å². The molecule has 6 nitrogen and oxygen atoms in total. The van der Waals surface area contributed by atoms with Gasteiger partial charge in [-0.25, -0.2) is 4.39 Å². The van der Waals surface area contributed by atoms with E-state index < -0.39 is 0 Å². The van der Waals surface area contributed by atoms with Gasteiger partial charge in [-0.05, 0) is 69.8 Å². The number of nitrogens with zero attached hydrogens (tertiary/aromatic N) is 4. The standard InChI is InChI=1S/C26H33FN4O2/c1-18-22(16-28-30(18)4)17-31-12-9-20(10-13-31)25(15-21-7-5-6-8-24(21)27)29(3)26(32)23-11-14-33-19(23)2/h5-8,11,14,16,20,25H,9-10,12-13,15,17H2,1-4H3/t25-/m0/s1. The predicted octanol–water partition coefficient (Wildman–Crippen LogP) is 4.36. The highest BCUT2D eigenvalue weighted by atomic mass is 19.1. The molecule has 0 N–H and O–H groups in total. The molecule has 0 aliphatic carbocycles. The number of likely N-dealkylation sites (tertiary alicyclic amines) is 1. The van der Waals surface area contributed by atoms with Crippen LogP contribution in [0.25, 0.3) is 0 Å². The van der Waals surface area contributed by atoms with Crippen LogP contribution in [0.3, 0.4) is 0 Å². The Morgan fingerprint density at radius 2 is 1.94 bits per heavy atom. The summed E-state index contributed by atoms with van der Waals surface area (Å²) < 4.78 is 21.8. The van der Waals surface area contributed by atoms with E-state index in [0.29, 0.717) is 23.3 Å². The first-order chi connectivity index (χ1) is 15.8. The second-order valence-corrected chi connectivity index (χ2v) is 9.16. The van der Waals surface area contributed by atoms with Gasteiger partial charge in [0.1, 0.15) is 11.6 Å². The largest absolute Gasteiger partial charge is 0.469 e. The lowest BCUT2D eigenvalue weighted by Gasteiger charge is -2.40. The summed E-state index contributed by atoms with van der Waals surface area (Å²) in [6.07, 6.45) is 5.91. The van der Waals surface area contributed by atoms with Crippen LogP contribution < -0.4 is 0 Å². The molecule has 4 rings (SSSR count). The minimum absolute atomic E-state index is 0.0731. The van der Waals surface area contributed by atoms with Crippen molar-refractivity contribution in [3.63, 3.8) is 0 Å². The van der Waals surface area contributed by atoms with Gasteiger partial charge < -0.3 is 9.32 Å². The van der Waals surface area contributed by atoms with E-state index in [9.17, 15) is 9.18 Å². The molecule has 0 saturated carbocycles. The molecule has 33 heavy (non-hydrogen) atoms. The third-order valence-corrected chi connectivity index (χ3v) is 7.20. The van der Waals surface area contributed by atoms with E-state index in [1.165, 1.54) is 17.3 Å². The van der Waals surface area contributed by atoms with Crippen LogP contribution in [0, 0.1) is 25.6 Å². The number of carbonyl (C=O) groups is 1. The van der Waals surface area contributed by atoms with Crippen molar-refractivity contribution in [3.8, 4) is 0 Å². The van der Waals surface area contributed by atoms with Gasteiger partial charge in [-0.2, -0.15) is 5.10 Å². The second-order valence-electron chi connectivity index (χ2n) is 9.16. The molecule has 0 radical (unpaired) electrons. The Morgan fingerprint density at radius 1 is 1.21 bits per heavy atom. The smallest absolute Gasteiger partial charge is 0.257 e. The number of hydrogen-bond acceptors (Lipinski definition) is 4. The fourth-order valence-electron chi connectivity index (χ4n) is 4.89. The zero-order chi connectivity index (χ0) is 23.5. The number of rotatable bonds is 7. The zero-order valence-corrected chi connectivity index (χ0v) is 19.9. The van der Waals surface area contributed by atoms with Gasteiger partial charge in [0.2, 0.25) is 0 Å². The van der Waals surface area contributed by atoms with Crippen LogP contribution in [-0.2, 0) is 20.0 Å². The van der Waals surface area contributed by atoms with Gasteiger partial charge >= 0.3 is 0 Å². The lowest BCUT2D eigenvalue weighted by molar-refractivity contribution is 0.0581. The molecule has 1 amide bonds. The van der Waals surface area contributed by atoms with Crippen LogP contribution in [0.1, 0.15) is 45.8 Å². The minimum atomic E-state index is -0.215. The topological polar surface area (TPSA) is 54.5 Å². The van der Waals surface area contributed by atoms with Crippen LogP contribution in [0.15, 0.2) is 47.2 Å². The Labute approximate surface area is 195 Å². The molecule has 3 aromatic rings. The lowest BCUT2D eigenvalue weighted by Crippen LogP contribution is -2.47. The highest BCUT2D eigenvalue weighted by molar-refractivity contribution is 5.95. The SMILES string of the molecule is Cc1occc1C(=O)N(C)[C@@H](Cc1ccccc1F)C1CCN(Cc2cnn(C)c2C)CC1. The fraction of sp³-hybridized carbons (Fsp3) is 0.462. The van der Waals surface area contributed by atoms with E-state index in [1.807, 2.05) is 37.1 Å². The van der Waals surface area contributed by atoms with E-state index in [2.05, 4.69) is 16.9 Å². The van der Waals surface area contributed by atoms with Crippen molar-refractivity contribution in [3.05, 3.63) is 76.8 Å². The number of benzene rings is 1. The van der Waals surface area contributed by atoms with Crippen molar-refractivity contribution in [1.82, 2.24) is 19.6 Å². The van der Waals surface area contributed by atoms with Crippen LogP contribution in [0.4, 0.5) is 4.39 Å². The summed E-state index contributed by atoms with van der Waals surface area (Å²) in [5, 5.41) is 4.36. The molecule has 1 aliphatic heterocycles. The summed E-state index contributed by atoms with van der Waals surface area (Å²) in [5.41, 5.74) is 3.66. The maximum Gasteiger partial charge on any atom is 0.257 e. The molecular formula is C26H33FN4O2. The summed E-state index contributed by atoms with van der Waals surface area (Å²) in [7, 11) is 3.80. The second kappa shape index (κ2) is 9.91. The highest BCUT2D eigenvalue weighted by Gasteiger charge is 2.33. The Bertz CT molecular complexity index is 1100. The Kier molecular flexibility index (Phi) is 6.98. The third-order valence-electron chi connectivity index (χ3n) is 7.20. The summed E-state index contributed by atoms with van der Waals surface area (Å²) in [4.78, 5) is 17.5. The quantitative estimate of drug-likeness (QED) is 0.534. The number of halogens is 1. The van der Waals surface area contributed by atoms with Gasteiger partial charge in [-0.15, -0.1) is 0 Å². The maximum atomic E-state index is 14.5. The van der Waals surface area contributed by atoms with E-state index in [0.717, 1.165) is 32.5 Å². The number of piperidine rings is 1. The first kappa shape index (κ1) is 23.2. The summed E-state index contributed by atoms with van der Waals surface area (Å²) in [6, 6.07) is 8.50. The maximum absolute atomic E-state index is 14.5. The fourth-order valence-corrected chi connectivity index (χ4v) is 4.89. The first-order valence-electron chi connectivity index (χ1n) is 11.6. The molecule has 176 valence electrons. The number of furan rings is 1. The number of aromatic nitrogens is 2. The Balaban J connectivity index is 1.50. The van der Waals surface area contributed by atoms with Crippen molar-refractivity contribution in [2.24, 2.45) is 13.0 Å². The molecule has 1 saturated heterocycles. The molecule has 3 heterocycles. The lowest BCUT2D eigenvalue weighted by atomic mass is 9.84. The molecule has 1 atom stereocenters. The molecule has 1 fully saturated rings. The number of amides is 1. The van der Waals surface area contributed by atoms with Gasteiger partial charge in [0.15, 0.2) is 0 Å². The van der Waals surface area contributed by atoms with Crippen molar-refractivity contribution >= 4 is 5.91 Å². The Hall–Kier alpha value is -2.93. The zero-order valence-electron chi connectivity index (χ0n) is 19.9. The number of carbonyl (C=O) groups excluding carboxylic acids is 1. The first-order valence-corrected chi connectivity index (χ1v) is 11.6. The van der Waals surface area contributed by atoms with Crippen molar-refractivity contribution in [1.29, 1.82) is 0 Å². The van der Waals surface area contributed by atoms with Gasteiger partial charge in [-0.1, -0.05) is 18.2 Å². The van der Waals surface area contributed by atoms with Crippen LogP contribution in [0.2, 0.25) is 0 Å². The third kappa shape index (κ3) is 5.03. The summed E-state index contributed by atoms with van der Waals surface area (Å²) >= 11 is 0. The summed E-state index contributed by atoms with van der Waals surface area (Å²) in [6.45, 7) is 6.66. The van der Waals surface area contributed by atoms with Crippen LogP contribution in [0.5, 0.6) is 0 Å². The van der Waals surface area contributed by atoms with Crippen LogP contribution >= 0.6 is 0 Å². The molecule has 0 unspecified atom stereocenters.